The van der Waals surface area contributed by atoms with Gasteiger partial charge in [0, 0.05) is 17.7 Å². The maximum Gasteiger partial charge on any atom is 0.387 e. The van der Waals surface area contributed by atoms with Gasteiger partial charge in [-0.25, -0.2) is 0 Å². The Morgan fingerprint density at radius 1 is 1.50 bits per heavy atom. The lowest BCUT2D eigenvalue weighted by Crippen LogP contribution is -2.04. The Balaban J connectivity index is 2.69. The van der Waals surface area contributed by atoms with Crippen LogP contribution < -0.4 is 4.74 Å². The van der Waals surface area contributed by atoms with E-state index in [0.29, 0.717) is 12.0 Å². The van der Waals surface area contributed by atoms with Gasteiger partial charge >= 0.3 is 6.61 Å². The van der Waals surface area contributed by atoms with Gasteiger partial charge < -0.3 is 4.74 Å². The van der Waals surface area contributed by atoms with Crippen molar-refractivity contribution in [3.05, 3.63) is 29.8 Å². The normalized spacial score (nSPS) is 10.5. The number of hydrogen-bond donors (Lipinski definition) is 0. The number of benzene rings is 1. The highest BCUT2D eigenvalue weighted by atomic mass is 32.2. The first-order chi connectivity index (χ1) is 7.63. The molecule has 0 bridgehead atoms. The summed E-state index contributed by atoms with van der Waals surface area (Å²) in [6.45, 7) is -2.86. The highest BCUT2D eigenvalue weighted by Gasteiger charge is 2.08. The summed E-state index contributed by atoms with van der Waals surface area (Å²) in [5.74, 6) is 0.678. The fourth-order valence-electron chi connectivity index (χ4n) is 1.18. The molecule has 0 saturated carbocycles. The van der Waals surface area contributed by atoms with Crippen LogP contribution in [-0.2, 0) is 0 Å². The Hall–Kier alpha value is -1.10. The third-order valence-electron chi connectivity index (χ3n) is 1.91. The topological polar surface area (TPSA) is 26.3 Å². The van der Waals surface area contributed by atoms with Crippen LogP contribution in [0.5, 0.6) is 5.75 Å². The van der Waals surface area contributed by atoms with Crippen LogP contribution in [0.3, 0.4) is 0 Å². The summed E-state index contributed by atoms with van der Waals surface area (Å²) < 4.78 is 28.1. The summed E-state index contributed by atoms with van der Waals surface area (Å²) in [5, 5.41) is 0. The Morgan fingerprint density at radius 2 is 2.25 bits per heavy atom. The first-order valence-electron chi connectivity index (χ1n) is 4.70. The third-order valence-corrected chi connectivity index (χ3v) is 2.53. The SMILES string of the molecule is CSCCC(=O)c1cccc(OC(F)F)c1. The van der Waals surface area contributed by atoms with Gasteiger partial charge in [-0.05, 0) is 18.4 Å². The van der Waals surface area contributed by atoms with Gasteiger partial charge in [0.1, 0.15) is 5.75 Å². The molecule has 5 heteroatoms. The highest BCUT2D eigenvalue weighted by molar-refractivity contribution is 7.98. The molecule has 88 valence electrons. The number of alkyl halides is 2. The van der Waals surface area contributed by atoms with Crippen molar-refractivity contribution in [3.63, 3.8) is 0 Å². The summed E-state index contributed by atoms with van der Waals surface area (Å²) in [6, 6.07) is 5.87. The summed E-state index contributed by atoms with van der Waals surface area (Å²) in [7, 11) is 0. The molecule has 0 N–H and O–H groups in total. The number of carbonyl (C=O) groups is 1. The lowest BCUT2D eigenvalue weighted by atomic mass is 10.1. The molecule has 0 radical (unpaired) electrons. The van der Waals surface area contributed by atoms with Gasteiger partial charge in [0.15, 0.2) is 5.78 Å². The second-order valence-corrected chi connectivity index (χ2v) is 4.06. The standard InChI is InChI=1S/C11H12F2O2S/c1-16-6-5-10(14)8-3-2-4-9(7-8)15-11(12)13/h2-4,7,11H,5-6H2,1H3. The Kier molecular flexibility index (Phi) is 5.25. The van der Waals surface area contributed by atoms with E-state index in [0.717, 1.165) is 5.75 Å². The Labute approximate surface area is 97.0 Å². The van der Waals surface area contributed by atoms with Gasteiger partial charge in [-0.2, -0.15) is 20.5 Å². The molecule has 1 aromatic rings. The monoisotopic (exact) mass is 246 g/mol. The molecule has 16 heavy (non-hydrogen) atoms. The lowest BCUT2D eigenvalue weighted by molar-refractivity contribution is -0.0498. The van der Waals surface area contributed by atoms with Crippen LogP contribution >= 0.6 is 11.8 Å². The number of rotatable bonds is 6. The van der Waals surface area contributed by atoms with Gasteiger partial charge in [-0.1, -0.05) is 12.1 Å². The molecule has 0 amide bonds. The van der Waals surface area contributed by atoms with E-state index >= 15 is 0 Å². The van der Waals surface area contributed by atoms with E-state index in [2.05, 4.69) is 4.74 Å². The zero-order valence-corrected chi connectivity index (χ0v) is 9.60. The molecule has 0 saturated heterocycles. The van der Waals surface area contributed by atoms with Crippen molar-refractivity contribution in [2.24, 2.45) is 0 Å². The zero-order chi connectivity index (χ0) is 12.0. The first kappa shape index (κ1) is 13.0. The van der Waals surface area contributed by atoms with E-state index in [-0.39, 0.29) is 11.5 Å². The molecular weight excluding hydrogens is 234 g/mol. The molecule has 0 heterocycles. The van der Waals surface area contributed by atoms with Crippen LogP contribution in [0.1, 0.15) is 16.8 Å². The number of carbonyl (C=O) groups excluding carboxylic acids is 1. The fourth-order valence-corrected chi connectivity index (χ4v) is 1.57. The highest BCUT2D eigenvalue weighted by Crippen LogP contribution is 2.17. The minimum atomic E-state index is -2.86. The average Bonchev–Trinajstić information content (AvgIpc) is 2.25. The van der Waals surface area contributed by atoms with Crippen molar-refractivity contribution in [1.29, 1.82) is 0 Å². The van der Waals surface area contributed by atoms with E-state index < -0.39 is 6.61 Å². The number of Topliss-reactive ketones (excluding diaryl/α,β-unsaturated/α-hetero) is 1. The second kappa shape index (κ2) is 6.48. The maximum absolute atomic E-state index is 11.9. The molecule has 0 fully saturated rings. The van der Waals surface area contributed by atoms with Crippen molar-refractivity contribution >= 4 is 17.5 Å². The van der Waals surface area contributed by atoms with Crippen LogP contribution in [0, 0.1) is 0 Å². The van der Waals surface area contributed by atoms with Crippen LogP contribution in [0.15, 0.2) is 24.3 Å². The van der Waals surface area contributed by atoms with Crippen molar-refractivity contribution < 1.29 is 18.3 Å². The third kappa shape index (κ3) is 4.18. The van der Waals surface area contributed by atoms with Gasteiger partial charge in [0.25, 0.3) is 0 Å². The smallest absolute Gasteiger partial charge is 0.387 e. The Morgan fingerprint density at radius 3 is 2.88 bits per heavy atom. The van der Waals surface area contributed by atoms with E-state index in [1.165, 1.54) is 18.2 Å². The number of ether oxygens (including phenoxy) is 1. The molecular formula is C11H12F2O2S. The quantitative estimate of drug-likeness (QED) is 0.721. The minimum absolute atomic E-state index is 0.0185. The zero-order valence-electron chi connectivity index (χ0n) is 8.78. The predicted molar refractivity (Wildman–Crippen MR) is 60.4 cm³/mol. The number of hydrogen-bond acceptors (Lipinski definition) is 3. The van der Waals surface area contributed by atoms with Crippen LogP contribution in [0.25, 0.3) is 0 Å². The average molecular weight is 246 g/mol. The number of thioether (sulfide) groups is 1. The molecule has 0 aliphatic carbocycles. The van der Waals surface area contributed by atoms with Gasteiger partial charge in [0.05, 0.1) is 0 Å². The van der Waals surface area contributed by atoms with Crippen molar-refractivity contribution in [1.82, 2.24) is 0 Å². The van der Waals surface area contributed by atoms with E-state index in [9.17, 15) is 13.6 Å². The van der Waals surface area contributed by atoms with Crippen LogP contribution in [0.2, 0.25) is 0 Å². The molecule has 2 nitrogen and oxygen atoms in total. The first-order valence-corrected chi connectivity index (χ1v) is 6.10. The molecule has 0 unspecified atom stereocenters. The summed E-state index contributed by atoms with van der Waals surface area (Å²) in [6.07, 6.45) is 2.31. The van der Waals surface area contributed by atoms with Crippen molar-refractivity contribution in [2.75, 3.05) is 12.0 Å². The van der Waals surface area contributed by atoms with Gasteiger partial charge in [0.2, 0.25) is 0 Å². The van der Waals surface area contributed by atoms with E-state index in [1.807, 2.05) is 6.26 Å². The van der Waals surface area contributed by atoms with Gasteiger partial charge in [-0.3, -0.25) is 4.79 Å². The maximum atomic E-state index is 11.9. The summed E-state index contributed by atoms with van der Waals surface area (Å²) >= 11 is 1.57. The molecule has 1 rings (SSSR count). The van der Waals surface area contributed by atoms with E-state index in [1.54, 1.807) is 17.8 Å². The number of halogens is 2. The predicted octanol–water partition coefficient (Wildman–Crippen LogP) is 3.22. The second-order valence-electron chi connectivity index (χ2n) is 3.07. The van der Waals surface area contributed by atoms with Crippen molar-refractivity contribution in [2.45, 2.75) is 13.0 Å². The lowest BCUT2D eigenvalue weighted by Gasteiger charge is -2.05. The molecule has 0 aliphatic rings. The molecule has 0 atom stereocenters. The van der Waals surface area contributed by atoms with Crippen LogP contribution in [-0.4, -0.2) is 24.4 Å². The van der Waals surface area contributed by atoms with Crippen LogP contribution in [0.4, 0.5) is 8.78 Å². The van der Waals surface area contributed by atoms with Crippen molar-refractivity contribution in [3.8, 4) is 5.75 Å². The fraction of sp³-hybridized carbons (Fsp3) is 0.364. The minimum Gasteiger partial charge on any atom is -0.435 e. The Bertz CT molecular complexity index is 356. The summed E-state index contributed by atoms with van der Waals surface area (Å²) in [5.41, 5.74) is 0.409. The largest absolute Gasteiger partial charge is 0.435 e. The van der Waals surface area contributed by atoms with Gasteiger partial charge in [-0.15, -0.1) is 0 Å². The molecule has 0 spiro atoms. The molecule has 0 aromatic heterocycles. The molecule has 1 aromatic carbocycles. The number of ketones is 1. The molecule has 0 aliphatic heterocycles. The van der Waals surface area contributed by atoms with E-state index in [4.69, 9.17) is 0 Å². The summed E-state index contributed by atoms with van der Waals surface area (Å²) in [4.78, 5) is 11.6.